The molecule has 2 N–H and O–H groups in total. The number of amides is 1. The number of para-hydroxylation sites is 1. The predicted octanol–water partition coefficient (Wildman–Crippen LogP) is 4.56. The number of benzene rings is 2. The van der Waals surface area contributed by atoms with Crippen molar-refractivity contribution in [2.45, 2.75) is 33.1 Å². The van der Waals surface area contributed by atoms with Gasteiger partial charge in [-0.2, -0.15) is 0 Å². The minimum absolute atomic E-state index is 0.152. The Balaban J connectivity index is 1.94. The van der Waals surface area contributed by atoms with E-state index in [1.165, 1.54) is 0 Å². The van der Waals surface area contributed by atoms with Gasteiger partial charge in [-0.25, -0.2) is 4.79 Å². The summed E-state index contributed by atoms with van der Waals surface area (Å²) in [6.07, 6.45) is 2.70. The summed E-state index contributed by atoms with van der Waals surface area (Å²) < 4.78 is 10.8. The number of rotatable bonds is 9. The molecule has 0 aromatic heterocycles. The van der Waals surface area contributed by atoms with Gasteiger partial charge in [0.2, 0.25) is 0 Å². The van der Waals surface area contributed by atoms with Gasteiger partial charge in [-0.05, 0) is 61.5 Å². The van der Waals surface area contributed by atoms with Crippen LogP contribution in [0.25, 0.3) is 0 Å². The number of carbonyl (C=O) groups is 2. The second-order valence-corrected chi connectivity index (χ2v) is 6.73. The molecule has 0 aliphatic heterocycles. The van der Waals surface area contributed by atoms with E-state index in [1.54, 1.807) is 42.5 Å². The van der Waals surface area contributed by atoms with E-state index in [0.29, 0.717) is 35.8 Å². The van der Waals surface area contributed by atoms with E-state index in [-0.39, 0.29) is 17.0 Å². The summed E-state index contributed by atoms with van der Waals surface area (Å²) in [5.41, 5.74) is 1.52. The highest BCUT2D eigenvalue weighted by atomic mass is 32.1. The maximum absolute atomic E-state index is 12.6. The zero-order valence-electron chi connectivity index (χ0n) is 16.7. The van der Waals surface area contributed by atoms with Gasteiger partial charge in [0, 0.05) is 5.69 Å². The third kappa shape index (κ3) is 7.19. The van der Waals surface area contributed by atoms with Gasteiger partial charge in [-0.3, -0.25) is 10.1 Å². The second-order valence-electron chi connectivity index (χ2n) is 6.32. The molecule has 2 aromatic rings. The minimum atomic E-state index is -0.367. The van der Waals surface area contributed by atoms with Crippen LogP contribution >= 0.6 is 12.2 Å². The molecule has 154 valence electrons. The molecular formula is C22H26N2O4S. The fourth-order valence-corrected chi connectivity index (χ4v) is 2.62. The predicted molar refractivity (Wildman–Crippen MR) is 118 cm³/mol. The highest BCUT2D eigenvalue weighted by Crippen LogP contribution is 2.18. The normalized spacial score (nSPS) is 10.1. The molecule has 0 unspecified atom stereocenters. The molecule has 0 heterocycles. The maximum Gasteiger partial charge on any atom is 0.338 e. The SMILES string of the molecule is CCCCOc1ccccc1C(=O)NC(=S)Nc1ccc(C(=O)OCCC)cc1. The Bertz CT molecular complexity index is 837. The molecule has 6 nitrogen and oxygen atoms in total. The zero-order valence-corrected chi connectivity index (χ0v) is 17.5. The summed E-state index contributed by atoms with van der Waals surface area (Å²) >= 11 is 5.23. The van der Waals surface area contributed by atoms with Crippen LogP contribution in [0.15, 0.2) is 48.5 Å². The molecule has 7 heteroatoms. The van der Waals surface area contributed by atoms with E-state index in [1.807, 2.05) is 13.0 Å². The molecule has 0 radical (unpaired) electrons. The Labute approximate surface area is 176 Å². The van der Waals surface area contributed by atoms with Crippen molar-refractivity contribution in [1.82, 2.24) is 5.32 Å². The van der Waals surface area contributed by atoms with Crippen molar-refractivity contribution in [2.75, 3.05) is 18.5 Å². The first-order chi connectivity index (χ1) is 14.0. The lowest BCUT2D eigenvalue weighted by atomic mass is 10.2. The van der Waals surface area contributed by atoms with Crippen LogP contribution in [0, 0.1) is 0 Å². The molecule has 1 amide bonds. The van der Waals surface area contributed by atoms with Gasteiger partial charge in [0.1, 0.15) is 5.75 Å². The molecule has 29 heavy (non-hydrogen) atoms. The van der Waals surface area contributed by atoms with E-state index < -0.39 is 0 Å². The summed E-state index contributed by atoms with van der Waals surface area (Å²) in [7, 11) is 0. The molecule has 2 aromatic carbocycles. The number of hydrogen-bond donors (Lipinski definition) is 2. The van der Waals surface area contributed by atoms with Crippen molar-refractivity contribution in [2.24, 2.45) is 0 Å². The number of hydrogen-bond acceptors (Lipinski definition) is 5. The van der Waals surface area contributed by atoms with Crippen LogP contribution in [-0.2, 0) is 4.74 Å². The van der Waals surface area contributed by atoms with E-state index in [9.17, 15) is 9.59 Å². The van der Waals surface area contributed by atoms with Crippen molar-refractivity contribution in [3.05, 3.63) is 59.7 Å². The van der Waals surface area contributed by atoms with Crippen molar-refractivity contribution >= 4 is 34.9 Å². The standard InChI is InChI=1S/C22H26N2O4S/c1-3-5-15-27-19-9-7-6-8-18(19)20(25)24-22(29)23-17-12-10-16(11-13-17)21(26)28-14-4-2/h6-13H,3-5,14-15H2,1-2H3,(H2,23,24,25,29). The highest BCUT2D eigenvalue weighted by molar-refractivity contribution is 7.80. The van der Waals surface area contributed by atoms with E-state index in [2.05, 4.69) is 17.6 Å². The largest absolute Gasteiger partial charge is 0.493 e. The van der Waals surface area contributed by atoms with Crippen molar-refractivity contribution in [3.8, 4) is 5.75 Å². The molecular weight excluding hydrogens is 388 g/mol. The van der Waals surface area contributed by atoms with Gasteiger partial charge < -0.3 is 14.8 Å². The topological polar surface area (TPSA) is 76.7 Å². The van der Waals surface area contributed by atoms with Crippen LogP contribution in [0.3, 0.4) is 0 Å². The fraction of sp³-hybridized carbons (Fsp3) is 0.318. The average Bonchev–Trinajstić information content (AvgIpc) is 2.73. The van der Waals surface area contributed by atoms with E-state index in [4.69, 9.17) is 21.7 Å². The Hall–Kier alpha value is -2.93. The Morgan fingerprint density at radius 1 is 0.966 bits per heavy atom. The van der Waals surface area contributed by atoms with Gasteiger partial charge in [0.15, 0.2) is 5.11 Å². The van der Waals surface area contributed by atoms with Gasteiger partial charge in [0.05, 0.1) is 24.3 Å². The minimum Gasteiger partial charge on any atom is -0.493 e. The van der Waals surface area contributed by atoms with Crippen LogP contribution in [-0.4, -0.2) is 30.2 Å². The Morgan fingerprint density at radius 2 is 1.69 bits per heavy atom. The monoisotopic (exact) mass is 414 g/mol. The molecule has 0 saturated carbocycles. The Kier molecular flexibility index (Phi) is 9.11. The number of ether oxygens (including phenoxy) is 2. The van der Waals surface area contributed by atoms with Crippen molar-refractivity contribution in [1.29, 1.82) is 0 Å². The quantitative estimate of drug-likeness (QED) is 0.356. The first-order valence-electron chi connectivity index (χ1n) is 9.66. The van der Waals surface area contributed by atoms with E-state index in [0.717, 1.165) is 19.3 Å². The second kappa shape index (κ2) is 11.8. The first-order valence-corrected chi connectivity index (χ1v) is 10.1. The molecule has 0 bridgehead atoms. The lowest BCUT2D eigenvalue weighted by molar-refractivity contribution is 0.0505. The smallest absolute Gasteiger partial charge is 0.338 e. The maximum atomic E-state index is 12.6. The summed E-state index contributed by atoms with van der Waals surface area (Å²) in [4.78, 5) is 24.4. The lowest BCUT2D eigenvalue weighted by Crippen LogP contribution is -2.34. The third-order valence-electron chi connectivity index (χ3n) is 3.93. The molecule has 0 aliphatic carbocycles. The fourth-order valence-electron chi connectivity index (χ4n) is 2.41. The van der Waals surface area contributed by atoms with Crippen LogP contribution in [0.1, 0.15) is 53.8 Å². The zero-order chi connectivity index (χ0) is 21.1. The summed E-state index contributed by atoms with van der Waals surface area (Å²) in [5, 5.41) is 5.73. The summed E-state index contributed by atoms with van der Waals surface area (Å²) in [6.45, 7) is 4.95. The van der Waals surface area contributed by atoms with Crippen LogP contribution in [0.2, 0.25) is 0 Å². The molecule has 0 aliphatic rings. The van der Waals surface area contributed by atoms with Crippen molar-refractivity contribution in [3.63, 3.8) is 0 Å². The summed E-state index contributed by atoms with van der Waals surface area (Å²) in [5.74, 6) is -0.195. The van der Waals surface area contributed by atoms with Gasteiger partial charge in [0.25, 0.3) is 5.91 Å². The molecule has 0 fully saturated rings. The number of nitrogens with one attached hydrogen (secondary N) is 2. The summed E-state index contributed by atoms with van der Waals surface area (Å²) in [6, 6.07) is 13.7. The van der Waals surface area contributed by atoms with Crippen LogP contribution in [0.5, 0.6) is 5.75 Å². The number of thiocarbonyl (C=S) groups is 1. The van der Waals surface area contributed by atoms with Gasteiger partial charge >= 0.3 is 5.97 Å². The number of carbonyl (C=O) groups excluding carboxylic acids is 2. The number of unbranched alkanes of at least 4 members (excludes halogenated alkanes) is 1. The van der Waals surface area contributed by atoms with E-state index >= 15 is 0 Å². The molecule has 0 atom stereocenters. The van der Waals surface area contributed by atoms with Crippen LogP contribution < -0.4 is 15.4 Å². The van der Waals surface area contributed by atoms with Crippen molar-refractivity contribution < 1.29 is 19.1 Å². The van der Waals surface area contributed by atoms with Crippen LogP contribution in [0.4, 0.5) is 5.69 Å². The number of esters is 1. The van der Waals surface area contributed by atoms with Gasteiger partial charge in [-0.15, -0.1) is 0 Å². The molecule has 2 rings (SSSR count). The number of anilines is 1. The third-order valence-corrected chi connectivity index (χ3v) is 4.13. The highest BCUT2D eigenvalue weighted by Gasteiger charge is 2.14. The molecule has 0 spiro atoms. The van der Waals surface area contributed by atoms with Gasteiger partial charge in [-0.1, -0.05) is 32.4 Å². The Morgan fingerprint density at radius 3 is 2.38 bits per heavy atom. The average molecular weight is 415 g/mol. The first kappa shape index (κ1) is 22.4. The lowest BCUT2D eigenvalue weighted by Gasteiger charge is -2.13. The molecule has 0 saturated heterocycles.